The van der Waals surface area contributed by atoms with E-state index in [-0.39, 0.29) is 16.4 Å². The van der Waals surface area contributed by atoms with Gasteiger partial charge in [-0.2, -0.15) is 13.2 Å². The summed E-state index contributed by atoms with van der Waals surface area (Å²) in [5, 5.41) is 15.3. The topological polar surface area (TPSA) is 111 Å². The first-order chi connectivity index (χ1) is 16.6. The number of hydrogen-bond acceptors (Lipinski definition) is 7. The number of aromatic nitrogens is 3. The van der Waals surface area contributed by atoms with Crippen LogP contribution in [0.3, 0.4) is 0 Å². The van der Waals surface area contributed by atoms with E-state index in [1.807, 2.05) is 13.0 Å². The molecule has 0 amide bonds. The highest BCUT2D eigenvalue weighted by atomic mass is 32.1. The van der Waals surface area contributed by atoms with Crippen LogP contribution in [0.15, 0.2) is 41.8 Å². The number of amidine groups is 1. The summed E-state index contributed by atoms with van der Waals surface area (Å²) in [6.45, 7) is 2.60. The van der Waals surface area contributed by atoms with Gasteiger partial charge in [-0.15, -0.1) is 11.3 Å². The minimum atomic E-state index is -4.69. The van der Waals surface area contributed by atoms with E-state index >= 15 is 0 Å². The molecule has 4 aromatic rings. The smallest absolute Gasteiger partial charge is 0.417 e. The van der Waals surface area contributed by atoms with Crippen LogP contribution in [0.25, 0.3) is 21.5 Å². The Balaban J connectivity index is 1.56. The zero-order valence-electron chi connectivity index (χ0n) is 18.5. The zero-order valence-corrected chi connectivity index (χ0v) is 19.3. The van der Waals surface area contributed by atoms with Crippen molar-refractivity contribution < 1.29 is 27.5 Å². The fourth-order valence-corrected chi connectivity index (χ4v) is 4.80. The third-order valence-corrected chi connectivity index (χ3v) is 6.52. The minimum absolute atomic E-state index is 0.172. The van der Waals surface area contributed by atoms with Gasteiger partial charge in [0.2, 0.25) is 0 Å². The Hall–Kier alpha value is -3.87. The van der Waals surface area contributed by atoms with Gasteiger partial charge in [0.05, 0.1) is 33.6 Å². The third-order valence-electron chi connectivity index (χ3n) is 5.34. The molecule has 4 N–H and O–H groups in total. The van der Waals surface area contributed by atoms with Crippen LogP contribution in [-0.2, 0) is 12.7 Å². The highest BCUT2D eigenvalue weighted by Gasteiger charge is 2.37. The Bertz CT molecular complexity index is 1410. The maximum absolute atomic E-state index is 14.5. The molecule has 184 valence electrons. The SMILES string of the molecule is COc1ccc(F)c2c1cc(C)n2CCNc1cc(-c2cc(C(F)(F)F)c(/C(N)=N/O)s2)ncn1. The number of nitrogens with zero attached hydrogens (tertiary/aromatic N) is 4. The number of halogens is 4. The molecule has 3 aromatic heterocycles. The number of aryl methyl sites for hydroxylation is 1. The molecule has 0 saturated carbocycles. The number of thiophene rings is 1. The average Bonchev–Trinajstić information content (AvgIpc) is 3.42. The summed E-state index contributed by atoms with van der Waals surface area (Å²) in [5.41, 5.74) is 5.90. The number of nitrogens with two attached hydrogens (primary N) is 1. The van der Waals surface area contributed by atoms with Gasteiger partial charge >= 0.3 is 6.18 Å². The summed E-state index contributed by atoms with van der Waals surface area (Å²) in [4.78, 5) is 7.93. The number of rotatable bonds is 7. The number of fused-ring (bicyclic) bond motifs is 1. The van der Waals surface area contributed by atoms with Gasteiger partial charge in [0.15, 0.2) is 5.84 Å². The molecule has 0 spiro atoms. The van der Waals surface area contributed by atoms with Crippen LogP contribution < -0.4 is 15.8 Å². The second-order valence-corrected chi connectivity index (χ2v) is 8.55. The number of anilines is 1. The Morgan fingerprint density at radius 1 is 1.26 bits per heavy atom. The molecule has 3 heterocycles. The van der Waals surface area contributed by atoms with Crippen LogP contribution in [-0.4, -0.2) is 39.2 Å². The standard InChI is InChI=1S/C22H20F4N6O2S/c1-11-7-12-16(34-2)4-3-14(23)19(12)32(11)6-5-28-18-9-15(29-10-30-18)17-8-13(22(24,25)26)20(35-17)21(27)31-33/h3-4,7-10,33H,5-6H2,1-2H3,(H2,27,31)(H,28,29,30). The van der Waals surface area contributed by atoms with Crippen LogP contribution >= 0.6 is 11.3 Å². The molecule has 0 radical (unpaired) electrons. The first-order valence-electron chi connectivity index (χ1n) is 10.2. The molecule has 1 aromatic carbocycles. The lowest BCUT2D eigenvalue weighted by molar-refractivity contribution is -0.137. The van der Waals surface area contributed by atoms with Crippen molar-refractivity contribution in [3.63, 3.8) is 0 Å². The molecule has 0 aliphatic rings. The van der Waals surface area contributed by atoms with Crippen molar-refractivity contribution in [3.8, 4) is 16.3 Å². The Kier molecular flexibility index (Phi) is 6.52. The maximum Gasteiger partial charge on any atom is 0.417 e. The molecule has 0 saturated heterocycles. The van der Waals surface area contributed by atoms with E-state index in [1.54, 1.807) is 10.6 Å². The van der Waals surface area contributed by atoms with E-state index in [0.717, 1.165) is 11.8 Å². The van der Waals surface area contributed by atoms with E-state index in [2.05, 4.69) is 20.4 Å². The van der Waals surface area contributed by atoms with Crippen LogP contribution in [0.5, 0.6) is 5.75 Å². The number of ether oxygens (including phenoxy) is 1. The van der Waals surface area contributed by atoms with Gasteiger partial charge in [-0.25, -0.2) is 14.4 Å². The quantitative estimate of drug-likeness (QED) is 0.108. The fourth-order valence-electron chi connectivity index (χ4n) is 3.75. The van der Waals surface area contributed by atoms with E-state index in [1.165, 1.54) is 25.6 Å². The lowest BCUT2D eigenvalue weighted by atomic mass is 10.2. The highest BCUT2D eigenvalue weighted by Crippen LogP contribution is 2.40. The van der Waals surface area contributed by atoms with Gasteiger partial charge in [-0.3, -0.25) is 0 Å². The molecule has 4 rings (SSSR count). The Labute approximate surface area is 200 Å². The molecule has 8 nitrogen and oxygen atoms in total. The van der Waals surface area contributed by atoms with E-state index in [4.69, 9.17) is 15.7 Å². The first kappa shape index (κ1) is 24.3. The van der Waals surface area contributed by atoms with Crippen molar-refractivity contribution in [2.45, 2.75) is 19.6 Å². The number of nitrogens with one attached hydrogen (secondary N) is 1. The molecular formula is C22H20F4N6O2S. The lowest BCUT2D eigenvalue weighted by Gasteiger charge is -2.11. The Morgan fingerprint density at radius 3 is 2.71 bits per heavy atom. The van der Waals surface area contributed by atoms with Gasteiger partial charge in [-0.05, 0) is 31.2 Å². The summed E-state index contributed by atoms with van der Waals surface area (Å²) < 4.78 is 61.9. The number of benzene rings is 1. The van der Waals surface area contributed by atoms with Gasteiger partial charge in [-0.1, -0.05) is 5.16 Å². The molecule has 0 aliphatic heterocycles. The number of oxime groups is 1. The van der Waals surface area contributed by atoms with E-state index in [9.17, 15) is 17.6 Å². The second kappa shape index (κ2) is 9.41. The molecule has 35 heavy (non-hydrogen) atoms. The number of methoxy groups -OCH3 is 1. The molecule has 0 bridgehead atoms. The van der Waals surface area contributed by atoms with Crippen molar-refractivity contribution in [2.75, 3.05) is 19.0 Å². The van der Waals surface area contributed by atoms with Crippen LogP contribution in [0, 0.1) is 12.7 Å². The minimum Gasteiger partial charge on any atom is -0.496 e. The summed E-state index contributed by atoms with van der Waals surface area (Å²) in [6, 6.07) is 7.15. The largest absolute Gasteiger partial charge is 0.496 e. The van der Waals surface area contributed by atoms with Crippen molar-refractivity contribution in [2.24, 2.45) is 10.9 Å². The van der Waals surface area contributed by atoms with E-state index in [0.29, 0.717) is 46.9 Å². The average molecular weight is 509 g/mol. The van der Waals surface area contributed by atoms with Gasteiger partial charge in [0.1, 0.15) is 23.7 Å². The normalized spacial score (nSPS) is 12.3. The molecule has 0 fully saturated rings. The van der Waals surface area contributed by atoms with Crippen molar-refractivity contribution in [1.82, 2.24) is 14.5 Å². The predicted octanol–water partition coefficient (Wildman–Crippen LogP) is 4.84. The summed E-state index contributed by atoms with van der Waals surface area (Å²) in [5.74, 6) is -0.0800. The second-order valence-electron chi connectivity index (χ2n) is 7.50. The van der Waals surface area contributed by atoms with Gasteiger partial charge in [0, 0.05) is 30.2 Å². The molecule has 0 aliphatic carbocycles. The maximum atomic E-state index is 14.5. The summed E-state index contributed by atoms with van der Waals surface area (Å²) in [6.07, 6.45) is -3.47. The molecule has 0 atom stereocenters. The van der Waals surface area contributed by atoms with Crippen LogP contribution in [0.2, 0.25) is 0 Å². The van der Waals surface area contributed by atoms with Crippen LogP contribution in [0.4, 0.5) is 23.4 Å². The fraction of sp³-hybridized carbons (Fsp3) is 0.227. The number of alkyl halides is 3. The molecule has 0 unspecified atom stereocenters. The monoisotopic (exact) mass is 508 g/mol. The lowest BCUT2D eigenvalue weighted by Crippen LogP contribution is -2.17. The van der Waals surface area contributed by atoms with Crippen molar-refractivity contribution in [3.05, 3.63) is 58.6 Å². The van der Waals surface area contributed by atoms with Crippen molar-refractivity contribution in [1.29, 1.82) is 0 Å². The predicted molar refractivity (Wildman–Crippen MR) is 125 cm³/mol. The third kappa shape index (κ3) is 4.71. The molecular weight excluding hydrogens is 488 g/mol. The van der Waals surface area contributed by atoms with Gasteiger partial charge < -0.3 is 25.6 Å². The first-order valence-corrected chi connectivity index (χ1v) is 11.0. The van der Waals surface area contributed by atoms with Crippen molar-refractivity contribution >= 4 is 33.9 Å². The Morgan fingerprint density at radius 2 is 2.03 bits per heavy atom. The number of hydrogen-bond donors (Lipinski definition) is 3. The zero-order chi connectivity index (χ0) is 25.3. The summed E-state index contributed by atoms with van der Waals surface area (Å²) >= 11 is 0.700. The molecule has 13 heteroatoms. The summed E-state index contributed by atoms with van der Waals surface area (Å²) in [7, 11) is 1.52. The van der Waals surface area contributed by atoms with E-state index < -0.39 is 22.5 Å². The van der Waals surface area contributed by atoms with Gasteiger partial charge in [0.25, 0.3) is 0 Å². The highest BCUT2D eigenvalue weighted by molar-refractivity contribution is 7.17. The van der Waals surface area contributed by atoms with Crippen LogP contribution in [0.1, 0.15) is 16.1 Å².